The summed E-state index contributed by atoms with van der Waals surface area (Å²) < 4.78 is 26.9. The van der Waals surface area contributed by atoms with Crippen LogP contribution in [-0.2, 0) is 4.79 Å². The Morgan fingerprint density at radius 3 is 2.77 bits per heavy atom. The summed E-state index contributed by atoms with van der Waals surface area (Å²) >= 11 is 1.18. The Labute approximate surface area is 131 Å². The fourth-order valence-corrected chi connectivity index (χ4v) is 3.52. The molecule has 0 radical (unpaired) electrons. The Morgan fingerprint density at radius 2 is 2.00 bits per heavy atom. The normalized spacial score (nSPS) is 23.3. The van der Waals surface area contributed by atoms with E-state index in [-0.39, 0.29) is 17.5 Å². The molecule has 3 nitrogen and oxygen atoms in total. The summed E-state index contributed by atoms with van der Waals surface area (Å²) in [6.45, 7) is 0. The van der Waals surface area contributed by atoms with E-state index in [0.717, 1.165) is 31.7 Å². The number of halogens is 2. The number of rotatable bonds is 2. The second-order valence-electron chi connectivity index (χ2n) is 5.43. The van der Waals surface area contributed by atoms with Crippen LogP contribution in [0.4, 0.5) is 8.78 Å². The van der Waals surface area contributed by atoms with Crippen LogP contribution >= 0.6 is 11.8 Å². The molecule has 22 heavy (non-hydrogen) atoms. The van der Waals surface area contributed by atoms with E-state index in [4.69, 9.17) is 0 Å². The second kappa shape index (κ2) is 6.60. The zero-order chi connectivity index (χ0) is 15.5. The lowest BCUT2D eigenvalue weighted by Gasteiger charge is -2.17. The highest BCUT2D eigenvalue weighted by Gasteiger charge is 2.25. The van der Waals surface area contributed by atoms with E-state index in [9.17, 15) is 13.6 Å². The number of nitrogens with one attached hydrogen (secondary N) is 1. The third-order valence-electron chi connectivity index (χ3n) is 3.79. The Balaban J connectivity index is 1.78. The quantitative estimate of drug-likeness (QED) is 0.840. The van der Waals surface area contributed by atoms with E-state index in [1.807, 2.05) is 0 Å². The van der Waals surface area contributed by atoms with Crippen molar-refractivity contribution >= 4 is 28.9 Å². The van der Waals surface area contributed by atoms with Gasteiger partial charge in [0.15, 0.2) is 16.8 Å². The maximum atomic E-state index is 13.7. The van der Waals surface area contributed by atoms with E-state index in [1.165, 1.54) is 36.4 Å². The van der Waals surface area contributed by atoms with Gasteiger partial charge in [0.2, 0.25) is 0 Å². The molecule has 116 valence electrons. The maximum absolute atomic E-state index is 13.7. The number of hydrogen-bond acceptors (Lipinski definition) is 3. The standard InChI is InChI=1S/C16H16F2N2OS/c17-12-8-4-5-10(14(12)18)9-13-15(21)20-16(22-13)19-11-6-2-1-3-7-11/h4-5,8-9,11H,1-3,6-7H2,(H,19,20,21). The smallest absolute Gasteiger partial charge is 0.264 e. The molecule has 0 bridgehead atoms. The van der Waals surface area contributed by atoms with E-state index in [2.05, 4.69) is 10.3 Å². The molecule has 2 fully saturated rings. The van der Waals surface area contributed by atoms with Crippen LogP contribution < -0.4 is 5.32 Å². The largest absolute Gasteiger partial charge is 0.301 e. The van der Waals surface area contributed by atoms with Crippen molar-refractivity contribution in [2.75, 3.05) is 0 Å². The number of benzene rings is 1. The van der Waals surface area contributed by atoms with Crippen molar-refractivity contribution in [1.29, 1.82) is 0 Å². The Morgan fingerprint density at radius 1 is 1.23 bits per heavy atom. The second-order valence-corrected chi connectivity index (χ2v) is 6.46. The summed E-state index contributed by atoms with van der Waals surface area (Å²) in [5.74, 6) is -2.18. The molecule has 1 aliphatic carbocycles. The van der Waals surface area contributed by atoms with Crippen LogP contribution in [0.1, 0.15) is 37.7 Å². The molecule has 1 heterocycles. The average molecular weight is 322 g/mol. The van der Waals surface area contributed by atoms with Crippen LogP contribution in [0, 0.1) is 11.6 Å². The van der Waals surface area contributed by atoms with Crippen LogP contribution in [0.3, 0.4) is 0 Å². The van der Waals surface area contributed by atoms with Gasteiger partial charge in [-0.2, -0.15) is 0 Å². The summed E-state index contributed by atoms with van der Waals surface area (Å²) in [6, 6.07) is 4.16. The van der Waals surface area contributed by atoms with Gasteiger partial charge in [0.25, 0.3) is 5.91 Å². The molecule has 0 spiro atoms. The summed E-state index contributed by atoms with van der Waals surface area (Å²) in [7, 11) is 0. The minimum atomic E-state index is -0.943. The molecule has 6 heteroatoms. The highest BCUT2D eigenvalue weighted by atomic mass is 32.2. The summed E-state index contributed by atoms with van der Waals surface area (Å²) in [4.78, 5) is 16.8. The van der Waals surface area contributed by atoms with Crippen molar-refractivity contribution < 1.29 is 13.6 Å². The highest BCUT2D eigenvalue weighted by Crippen LogP contribution is 2.29. The zero-order valence-corrected chi connectivity index (χ0v) is 12.8. The van der Waals surface area contributed by atoms with Crippen molar-refractivity contribution in [3.05, 3.63) is 40.3 Å². The molecule has 0 atom stereocenters. The van der Waals surface area contributed by atoms with Crippen molar-refractivity contribution in [2.24, 2.45) is 4.99 Å². The predicted octanol–water partition coefficient (Wildman–Crippen LogP) is 3.86. The molecule has 1 aliphatic heterocycles. The van der Waals surface area contributed by atoms with Crippen molar-refractivity contribution in [3.8, 4) is 0 Å². The van der Waals surface area contributed by atoms with Crippen LogP contribution in [0.25, 0.3) is 6.08 Å². The summed E-state index contributed by atoms with van der Waals surface area (Å²) in [6.07, 6.45) is 7.01. The maximum Gasteiger partial charge on any atom is 0.264 e. The molecule has 1 aromatic rings. The number of amides is 1. The Bertz CT molecular complexity index is 652. The Hall–Kier alpha value is -1.69. The molecule has 1 aromatic carbocycles. The van der Waals surface area contributed by atoms with Crippen molar-refractivity contribution in [3.63, 3.8) is 0 Å². The first-order chi connectivity index (χ1) is 10.6. The summed E-state index contributed by atoms with van der Waals surface area (Å²) in [5, 5.41) is 3.25. The highest BCUT2D eigenvalue weighted by molar-refractivity contribution is 8.18. The number of hydrogen-bond donors (Lipinski definition) is 1. The number of carbonyl (C=O) groups is 1. The van der Waals surface area contributed by atoms with Crippen molar-refractivity contribution in [1.82, 2.24) is 5.32 Å². The van der Waals surface area contributed by atoms with E-state index >= 15 is 0 Å². The van der Waals surface area contributed by atoms with Crippen molar-refractivity contribution in [2.45, 2.75) is 38.1 Å². The van der Waals surface area contributed by atoms with Gasteiger partial charge in [0.05, 0.1) is 10.9 Å². The van der Waals surface area contributed by atoms with E-state index in [0.29, 0.717) is 10.1 Å². The topological polar surface area (TPSA) is 41.5 Å². The molecule has 1 amide bonds. The van der Waals surface area contributed by atoms with Crippen LogP contribution in [-0.4, -0.2) is 17.1 Å². The first-order valence-electron chi connectivity index (χ1n) is 7.36. The first kappa shape index (κ1) is 15.2. The van der Waals surface area contributed by atoms with Gasteiger partial charge in [-0.15, -0.1) is 0 Å². The molecular formula is C16H16F2N2OS. The molecule has 2 aliphatic rings. The molecular weight excluding hydrogens is 306 g/mol. The first-order valence-corrected chi connectivity index (χ1v) is 8.18. The molecule has 0 aromatic heterocycles. The lowest BCUT2D eigenvalue weighted by molar-refractivity contribution is -0.115. The molecule has 0 unspecified atom stereocenters. The van der Waals surface area contributed by atoms with Crippen LogP contribution in [0.15, 0.2) is 28.1 Å². The fraction of sp³-hybridized carbons (Fsp3) is 0.375. The molecule has 1 saturated heterocycles. The Kier molecular flexibility index (Phi) is 4.57. The number of thioether (sulfide) groups is 1. The third kappa shape index (κ3) is 3.38. The minimum absolute atomic E-state index is 0.0663. The number of aliphatic imine (C=N–C) groups is 1. The molecule has 1 N–H and O–H groups in total. The number of carbonyl (C=O) groups excluding carboxylic acids is 1. The lowest BCUT2D eigenvalue weighted by atomic mass is 9.96. The SMILES string of the molecule is O=C1NC(=NC2CCCCC2)SC1=Cc1cccc(F)c1F. The van der Waals surface area contributed by atoms with Gasteiger partial charge in [0.1, 0.15) is 0 Å². The van der Waals surface area contributed by atoms with Gasteiger partial charge in [-0.25, -0.2) is 8.78 Å². The monoisotopic (exact) mass is 322 g/mol. The van der Waals surface area contributed by atoms with Crippen LogP contribution in [0.5, 0.6) is 0 Å². The minimum Gasteiger partial charge on any atom is -0.301 e. The van der Waals surface area contributed by atoms with Gasteiger partial charge in [-0.1, -0.05) is 31.4 Å². The third-order valence-corrected chi connectivity index (χ3v) is 4.72. The zero-order valence-electron chi connectivity index (χ0n) is 11.9. The van der Waals surface area contributed by atoms with Crippen LogP contribution in [0.2, 0.25) is 0 Å². The molecule has 1 saturated carbocycles. The molecule has 3 rings (SSSR count). The fourth-order valence-electron chi connectivity index (χ4n) is 2.64. The van der Waals surface area contributed by atoms with Gasteiger partial charge < -0.3 is 5.32 Å². The van der Waals surface area contributed by atoms with E-state index < -0.39 is 11.6 Å². The number of nitrogens with zero attached hydrogens (tertiary/aromatic N) is 1. The number of amidine groups is 1. The van der Waals surface area contributed by atoms with Gasteiger partial charge in [-0.05, 0) is 36.7 Å². The summed E-state index contributed by atoms with van der Waals surface area (Å²) in [5.41, 5.74) is 0.0663. The average Bonchev–Trinajstić information content (AvgIpc) is 2.85. The van der Waals surface area contributed by atoms with Gasteiger partial charge in [0, 0.05) is 5.56 Å². The lowest BCUT2D eigenvalue weighted by Crippen LogP contribution is -2.22. The van der Waals surface area contributed by atoms with Gasteiger partial charge in [-0.3, -0.25) is 9.79 Å². The predicted molar refractivity (Wildman–Crippen MR) is 84.4 cm³/mol. The van der Waals surface area contributed by atoms with Gasteiger partial charge >= 0.3 is 0 Å². The van der Waals surface area contributed by atoms with E-state index in [1.54, 1.807) is 0 Å².